The number of rotatable bonds is 6. The van der Waals surface area contributed by atoms with E-state index in [2.05, 4.69) is 10.4 Å². The summed E-state index contributed by atoms with van der Waals surface area (Å²) in [5.41, 5.74) is 1.03. The van der Waals surface area contributed by atoms with Crippen LogP contribution < -0.4 is 10.9 Å². The summed E-state index contributed by atoms with van der Waals surface area (Å²) in [7, 11) is 1.55. The van der Waals surface area contributed by atoms with E-state index in [-0.39, 0.29) is 23.9 Å². The highest BCUT2D eigenvalue weighted by Crippen LogP contribution is 2.32. The summed E-state index contributed by atoms with van der Waals surface area (Å²) >= 11 is 0. The van der Waals surface area contributed by atoms with Crippen LogP contribution in [-0.2, 0) is 7.05 Å². The van der Waals surface area contributed by atoms with Gasteiger partial charge in [0.25, 0.3) is 11.2 Å². The number of nitrogens with zero attached hydrogens (tertiary/aromatic N) is 3. The van der Waals surface area contributed by atoms with Gasteiger partial charge in [0, 0.05) is 30.1 Å². The number of aromatic nitrogens is 2. The van der Waals surface area contributed by atoms with Crippen LogP contribution in [0.3, 0.4) is 0 Å². The van der Waals surface area contributed by atoms with E-state index < -0.39 is 4.92 Å². The molecule has 8 nitrogen and oxygen atoms in total. The number of benzene rings is 2. The van der Waals surface area contributed by atoms with Gasteiger partial charge in [0.15, 0.2) is 0 Å². The Morgan fingerprint density at radius 3 is 2.59 bits per heavy atom. The van der Waals surface area contributed by atoms with Crippen molar-refractivity contribution in [1.29, 1.82) is 0 Å². The molecule has 1 heterocycles. The van der Waals surface area contributed by atoms with E-state index in [1.54, 1.807) is 43.4 Å². The first-order valence-electron chi connectivity index (χ1n) is 8.58. The normalized spacial score (nSPS) is 12.1. The zero-order valence-electron chi connectivity index (χ0n) is 15.0. The van der Waals surface area contributed by atoms with E-state index in [4.69, 9.17) is 0 Å². The molecule has 0 unspecified atom stereocenters. The molecule has 0 aliphatic rings. The summed E-state index contributed by atoms with van der Waals surface area (Å²) in [4.78, 5) is 23.4. The summed E-state index contributed by atoms with van der Waals surface area (Å²) in [5, 5.41) is 29.4. The van der Waals surface area contributed by atoms with Gasteiger partial charge in [-0.3, -0.25) is 14.9 Å². The van der Waals surface area contributed by atoms with Gasteiger partial charge >= 0.3 is 0 Å². The number of aliphatic hydroxyl groups excluding tert-OH is 1. The smallest absolute Gasteiger partial charge is 0.293 e. The third-order valence-electron chi connectivity index (χ3n) is 4.50. The topological polar surface area (TPSA) is 110 Å². The first kappa shape index (κ1) is 18.5. The molecule has 0 aliphatic heterocycles. The zero-order chi connectivity index (χ0) is 19.6. The number of anilines is 1. The van der Waals surface area contributed by atoms with Crippen LogP contribution in [0.2, 0.25) is 0 Å². The van der Waals surface area contributed by atoms with Crippen LogP contribution in [0.1, 0.15) is 13.3 Å². The van der Waals surface area contributed by atoms with Gasteiger partial charge < -0.3 is 10.4 Å². The predicted molar refractivity (Wildman–Crippen MR) is 104 cm³/mol. The highest BCUT2D eigenvalue weighted by atomic mass is 16.6. The Hall–Kier alpha value is -3.26. The van der Waals surface area contributed by atoms with Crippen LogP contribution >= 0.6 is 0 Å². The molecule has 1 aromatic heterocycles. The van der Waals surface area contributed by atoms with E-state index in [1.165, 1.54) is 10.7 Å². The Morgan fingerprint density at radius 1 is 1.26 bits per heavy atom. The maximum absolute atomic E-state index is 12.3. The Balaban J connectivity index is 2.18. The van der Waals surface area contributed by atoms with E-state index in [9.17, 15) is 20.0 Å². The van der Waals surface area contributed by atoms with Gasteiger partial charge in [-0.15, -0.1) is 0 Å². The molecular weight excluding hydrogens is 348 g/mol. The number of nitro benzene ring substituents is 1. The molecule has 0 saturated carbocycles. The SMILES string of the molecule is CC[C@H](CO)Nc1ccc(-c2nn(C)c(=O)c3ccccc23)cc1[N+](=O)[O-]. The number of hydrogen-bond acceptors (Lipinski definition) is 6. The third kappa shape index (κ3) is 3.52. The van der Waals surface area contributed by atoms with E-state index in [0.29, 0.717) is 34.1 Å². The number of nitro groups is 1. The maximum atomic E-state index is 12.3. The van der Waals surface area contributed by atoms with Gasteiger partial charge in [-0.05, 0) is 18.6 Å². The van der Waals surface area contributed by atoms with Gasteiger partial charge in [-0.2, -0.15) is 5.10 Å². The van der Waals surface area contributed by atoms with Crippen LogP contribution in [0, 0.1) is 10.1 Å². The summed E-state index contributed by atoms with van der Waals surface area (Å²) in [6, 6.07) is 11.5. The molecule has 8 heteroatoms. The van der Waals surface area contributed by atoms with Crippen LogP contribution in [0.4, 0.5) is 11.4 Å². The van der Waals surface area contributed by atoms with Crippen molar-refractivity contribution in [2.24, 2.45) is 7.05 Å². The summed E-state index contributed by atoms with van der Waals surface area (Å²) in [6.07, 6.45) is 0.627. The van der Waals surface area contributed by atoms with Crippen LogP contribution in [0.15, 0.2) is 47.3 Å². The monoisotopic (exact) mass is 368 g/mol. The Bertz CT molecular complexity index is 1060. The van der Waals surface area contributed by atoms with Gasteiger partial charge in [-0.1, -0.05) is 31.2 Å². The summed E-state index contributed by atoms with van der Waals surface area (Å²) in [5.74, 6) is 0. The lowest BCUT2D eigenvalue weighted by Gasteiger charge is -2.16. The zero-order valence-corrected chi connectivity index (χ0v) is 15.0. The fraction of sp³-hybridized carbons (Fsp3) is 0.263. The molecule has 2 aromatic carbocycles. The molecule has 0 amide bonds. The number of aryl methyl sites for hydroxylation is 1. The van der Waals surface area contributed by atoms with Crippen molar-refractivity contribution >= 4 is 22.1 Å². The number of fused-ring (bicyclic) bond motifs is 1. The molecular formula is C19H20N4O4. The fourth-order valence-electron chi connectivity index (χ4n) is 2.96. The lowest BCUT2D eigenvalue weighted by atomic mass is 10.0. The Labute approximate surface area is 155 Å². The fourth-order valence-corrected chi connectivity index (χ4v) is 2.96. The van der Waals surface area contributed by atoms with E-state index >= 15 is 0 Å². The van der Waals surface area contributed by atoms with Gasteiger partial charge in [0.05, 0.1) is 22.6 Å². The highest BCUT2D eigenvalue weighted by Gasteiger charge is 2.19. The molecule has 27 heavy (non-hydrogen) atoms. The van der Waals surface area contributed by atoms with Crippen LogP contribution in [0.5, 0.6) is 0 Å². The molecule has 3 rings (SSSR count). The second kappa shape index (κ2) is 7.55. The molecule has 0 bridgehead atoms. The molecule has 0 fully saturated rings. The predicted octanol–water partition coefficient (Wildman–Crippen LogP) is 2.69. The van der Waals surface area contributed by atoms with Crippen LogP contribution in [-0.4, -0.2) is 32.5 Å². The molecule has 0 spiro atoms. The van der Waals surface area contributed by atoms with Gasteiger partial charge in [0.1, 0.15) is 5.69 Å². The molecule has 0 aliphatic carbocycles. The minimum Gasteiger partial charge on any atom is -0.394 e. The molecule has 3 aromatic rings. The lowest BCUT2D eigenvalue weighted by molar-refractivity contribution is -0.383. The van der Waals surface area contributed by atoms with Crippen molar-refractivity contribution < 1.29 is 10.0 Å². The first-order chi connectivity index (χ1) is 13.0. The molecule has 0 saturated heterocycles. The van der Waals surface area contributed by atoms with Crippen molar-refractivity contribution in [3.63, 3.8) is 0 Å². The van der Waals surface area contributed by atoms with Crippen molar-refractivity contribution in [2.75, 3.05) is 11.9 Å². The first-order valence-corrected chi connectivity index (χ1v) is 8.58. The molecule has 2 N–H and O–H groups in total. The number of aliphatic hydroxyl groups is 1. The molecule has 140 valence electrons. The number of nitrogens with one attached hydrogen (secondary N) is 1. The van der Waals surface area contributed by atoms with Crippen LogP contribution in [0.25, 0.3) is 22.0 Å². The average molecular weight is 368 g/mol. The van der Waals surface area contributed by atoms with Crippen molar-refractivity contribution in [2.45, 2.75) is 19.4 Å². The summed E-state index contributed by atoms with van der Waals surface area (Å²) in [6.45, 7) is 1.76. The third-order valence-corrected chi connectivity index (χ3v) is 4.50. The van der Waals surface area contributed by atoms with Crippen molar-refractivity contribution in [3.8, 4) is 11.3 Å². The van der Waals surface area contributed by atoms with Crippen molar-refractivity contribution in [1.82, 2.24) is 9.78 Å². The summed E-state index contributed by atoms with van der Waals surface area (Å²) < 4.78 is 1.23. The van der Waals surface area contributed by atoms with Gasteiger partial charge in [0.2, 0.25) is 0 Å². The number of hydrogen-bond donors (Lipinski definition) is 2. The quantitative estimate of drug-likeness (QED) is 0.511. The second-order valence-corrected chi connectivity index (χ2v) is 6.24. The Morgan fingerprint density at radius 2 is 1.96 bits per heavy atom. The van der Waals surface area contributed by atoms with Gasteiger partial charge in [-0.25, -0.2) is 4.68 Å². The van der Waals surface area contributed by atoms with E-state index in [1.807, 2.05) is 6.92 Å². The minimum absolute atomic E-state index is 0.112. The lowest BCUT2D eigenvalue weighted by Crippen LogP contribution is -2.23. The molecule has 1 atom stereocenters. The average Bonchev–Trinajstić information content (AvgIpc) is 2.69. The second-order valence-electron chi connectivity index (χ2n) is 6.24. The van der Waals surface area contributed by atoms with E-state index in [0.717, 1.165) is 0 Å². The largest absolute Gasteiger partial charge is 0.394 e. The minimum atomic E-state index is -0.472. The highest BCUT2D eigenvalue weighted by molar-refractivity contribution is 5.94. The van der Waals surface area contributed by atoms with Crippen molar-refractivity contribution in [3.05, 3.63) is 62.9 Å². The molecule has 0 radical (unpaired) electrons. The standard InChI is InChI=1S/C19H20N4O4/c1-3-13(11-24)20-16-9-8-12(10-17(16)23(26)27)18-14-6-4-5-7-15(14)19(25)22(2)21-18/h4-10,13,20,24H,3,11H2,1-2H3/t13-/m1/s1. The Kier molecular flexibility index (Phi) is 5.18. The maximum Gasteiger partial charge on any atom is 0.293 e.